The van der Waals surface area contributed by atoms with Crippen molar-refractivity contribution in [1.82, 2.24) is 10.6 Å². The summed E-state index contributed by atoms with van der Waals surface area (Å²) in [6.07, 6.45) is 8.63. The second kappa shape index (κ2) is 7.62. The molecule has 1 heterocycles. The Balaban J connectivity index is 1.79. The molecule has 2 aliphatic rings. The first-order valence-electron chi connectivity index (χ1n) is 8.13. The van der Waals surface area contributed by atoms with Crippen LogP contribution in [-0.4, -0.2) is 37.6 Å². The minimum absolute atomic E-state index is 0.139. The van der Waals surface area contributed by atoms with E-state index in [2.05, 4.69) is 10.6 Å². The number of quaternary nitrogens is 1. The van der Waals surface area contributed by atoms with Gasteiger partial charge in [-0.05, 0) is 38.5 Å². The number of fused-ring (bicyclic) bond motifs is 1. The van der Waals surface area contributed by atoms with E-state index in [9.17, 15) is 9.59 Å². The molecule has 5 heteroatoms. The van der Waals surface area contributed by atoms with Crippen molar-refractivity contribution in [2.75, 3.05) is 19.6 Å². The third-order valence-electron chi connectivity index (χ3n) is 4.68. The molecule has 2 rings (SSSR count). The SMILES string of the molecule is CCCNC(=O)NC(=O)C[NH+]1CCC[C@H]2CCCC[C@@H]21. The number of hydrogen-bond acceptors (Lipinski definition) is 2. The van der Waals surface area contributed by atoms with E-state index in [1.807, 2.05) is 6.92 Å². The van der Waals surface area contributed by atoms with Crippen LogP contribution in [0.25, 0.3) is 0 Å². The Morgan fingerprint density at radius 3 is 2.70 bits per heavy atom. The predicted octanol–water partition coefficient (Wildman–Crippen LogP) is 0.460. The molecule has 1 aliphatic carbocycles. The highest BCUT2D eigenvalue weighted by molar-refractivity contribution is 5.94. The smallest absolute Gasteiger partial charge is 0.321 e. The number of nitrogens with one attached hydrogen (secondary N) is 3. The van der Waals surface area contributed by atoms with Gasteiger partial charge in [0.2, 0.25) is 0 Å². The lowest BCUT2D eigenvalue weighted by atomic mass is 9.78. The van der Waals surface area contributed by atoms with Crippen LogP contribution in [0.4, 0.5) is 4.79 Å². The zero-order valence-corrected chi connectivity index (χ0v) is 12.5. The summed E-state index contributed by atoms with van der Waals surface area (Å²) >= 11 is 0. The van der Waals surface area contributed by atoms with Crippen LogP contribution in [0.1, 0.15) is 51.9 Å². The summed E-state index contributed by atoms with van der Waals surface area (Å²) < 4.78 is 0. The van der Waals surface area contributed by atoms with Gasteiger partial charge in [-0.1, -0.05) is 13.3 Å². The molecule has 0 spiro atoms. The normalized spacial score (nSPS) is 29.4. The summed E-state index contributed by atoms with van der Waals surface area (Å²) in [5, 5.41) is 5.12. The number of carbonyl (C=O) groups is 2. The zero-order valence-electron chi connectivity index (χ0n) is 12.5. The van der Waals surface area contributed by atoms with Gasteiger partial charge >= 0.3 is 6.03 Å². The minimum Gasteiger partial charge on any atom is -0.338 e. The van der Waals surface area contributed by atoms with Gasteiger partial charge in [0.05, 0.1) is 12.6 Å². The predicted molar refractivity (Wildman–Crippen MR) is 77.5 cm³/mol. The molecule has 1 saturated carbocycles. The van der Waals surface area contributed by atoms with E-state index in [0.29, 0.717) is 19.1 Å². The lowest BCUT2D eigenvalue weighted by Gasteiger charge is -2.40. The van der Waals surface area contributed by atoms with Gasteiger partial charge in [0, 0.05) is 12.5 Å². The van der Waals surface area contributed by atoms with Crippen molar-refractivity contribution in [2.45, 2.75) is 57.9 Å². The molecule has 1 aliphatic heterocycles. The first kappa shape index (κ1) is 15.3. The lowest BCUT2D eigenvalue weighted by Crippen LogP contribution is -3.18. The maximum atomic E-state index is 12.0. The number of imide groups is 1. The van der Waals surface area contributed by atoms with Gasteiger partial charge in [0.1, 0.15) is 0 Å². The van der Waals surface area contributed by atoms with E-state index in [4.69, 9.17) is 0 Å². The van der Waals surface area contributed by atoms with Gasteiger partial charge in [0.15, 0.2) is 6.54 Å². The van der Waals surface area contributed by atoms with E-state index in [-0.39, 0.29) is 11.9 Å². The van der Waals surface area contributed by atoms with Crippen molar-refractivity contribution < 1.29 is 14.5 Å². The summed E-state index contributed by atoms with van der Waals surface area (Å²) in [6, 6.07) is 0.287. The fourth-order valence-corrected chi connectivity index (χ4v) is 3.75. The van der Waals surface area contributed by atoms with Crippen molar-refractivity contribution in [3.63, 3.8) is 0 Å². The Hall–Kier alpha value is -1.10. The van der Waals surface area contributed by atoms with Crippen molar-refractivity contribution in [3.8, 4) is 0 Å². The lowest BCUT2D eigenvalue weighted by molar-refractivity contribution is -0.928. The van der Waals surface area contributed by atoms with E-state index < -0.39 is 0 Å². The van der Waals surface area contributed by atoms with E-state index in [0.717, 1.165) is 18.9 Å². The van der Waals surface area contributed by atoms with Crippen LogP contribution >= 0.6 is 0 Å². The summed E-state index contributed by atoms with van der Waals surface area (Å²) in [7, 11) is 0. The molecule has 0 radical (unpaired) electrons. The molecule has 2 fully saturated rings. The molecule has 3 atom stereocenters. The Bertz CT molecular complexity index is 344. The average molecular weight is 282 g/mol. The first-order valence-corrected chi connectivity index (χ1v) is 8.13. The van der Waals surface area contributed by atoms with Gasteiger partial charge in [-0.15, -0.1) is 0 Å². The molecule has 3 N–H and O–H groups in total. The van der Waals surface area contributed by atoms with Crippen molar-refractivity contribution in [3.05, 3.63) is 0 Å². The fourth-order valence-electron chi connectivity index (χ4n) is 3.75. The Morgan fingerprint density at radius 1 is 1.15 bits per heavy atom. The third-order valence-corrected chi connectivity index (χ3v) is 4.68. The zero-order chi connectivity index (χ0) is 14.4. The van der Waals surface area contributed by atoms with E-state index >= 15 is 0 Å². The van der Waals surface area contributed by atoms with Crippen LogP contribution in [0.15, 0.2) is 0 Å². The van der Waals surface area contributed by atoms with E-state index in [1.54, 1.807) is 0 Å². The largest absolute Gasteiger partial charge is 0.338 e. The van der Waals surface area contributed by atoms with Crippen molar-refractivity contribution >= 4 is 11.9 Å². The highest BCUT2D eigenvalue weighted by Crippen LogP contribution is 2.28. The highest BCUT2D eigenvalue weighted by Gasteiger charge is 2.37. The fraction of sp³-hybridized carbons (Fsp3) is 0.867. The van der Waals surface area contributed by atoms with Crippen LogP contribution in [0.3, 0.4) is 0 Å². The summed E-state index contributed by atoms with van der Waals surface area (Å²) in [5.74, 6) is 0.661. The molecule has 0 bridgehead atoms. The highest BCUT2D eigenvalue weighted by atomic mass is 16.2. The number of rotatable bonds is 4. The van der Waals surface area contributed by atoms with Crippen LogP contribution in [0, 0.1) is 5.92 Å². The van der Waals surface area contributed by atoms with Crippen LogP contribution in [0.5, 0.6) is 0 Å². The average Bonchev–Trinajstić information content (AvgIpc) is 2.45. The van der Waals surface area contributed by atoms with Crippen LogP contribution in [-0.2, 0) is 4.79 Å². The molecule has 0 aromatic carbocycles. The van der Waals surface area contributed by atoms with Gasteiger partial charge in [-0.3, -0.25) is 10.1 Å². The number of hydrogen-bond donors (Lipinski definition) is 3. The second-order valence-corrected chi connectivity index (χ2v) is 6.18. The molecular formula is C15H28N3O2+. The maximum Gasteiger partial charge on any atom is 0.321 e. The van der Waals surface area contributed by atoms with Crippen molar-refractivity contribution in [1.29, 1.82) is 0 Å². The number of likely N-dealkylation sites (tertiary alicyclic amines) is 1. The summed E-state index contributed by atoms with van der Waals surface area (Å²) in [5.41, 5.74) is 0. The quantitative estimate of drug-likeness (QED) is 0.701. The van der Waals surface area contributed by atoms with Crippen LogP contribution in [0.2, 0.25) is 0 Å². The molecule has 3 amide bonds. The Morgan fingerprint density at radius 2 is 1.90 bits per heavy atom. The number of carbonyl (C=O) groups excluding carboxylic acids is 2. The molecule has 0 aromatic heterocycles. The van der Waals surface area contributed by atoms with Gasteiger partial charge in [0.25, 0.3) is 5.91 Å². The third kappa shape index (κ3) is 4.20. The standard InChI is InChI=1S/C15H27N3O2/c1-2-9-16-15(20)17-14(19)11-18-10-5-7-12-6-3-4-8-13(12)18/h12-13H,2-11H2,1H3,(H2,16,17,19,20)/p+1/t12-,13+/m1/s1. The molecular weight excluding hydrogens is 254 g/mol. The number of amides is 3. The Kier molecular flexibility index (Phi) is 5.83. The van der Waals surface area contributed by atoms with Gasteiger partial charge in [-0.25, -0.2) is 4.79 Å². The Labute approximate surface area is 121 Å². The maximum absolute atomic E-state index is 12.0. The molecule has 20 heavy (non-hydrogen) atoms. The molecule has 1 unspecified atom stereocenters. The minimum atomic E-state index is -0.353. The topological polar surface area (TPSA) is 62.6 Å². The van der Waals surface area contributed by atoms with Gasteiger partial charge < -0.3 is 10.2 Å². The first-order chi connectivity index (χ1) is 9.70. The number of piperidine rings is 1. The van der Waals surface area contributed by atoms with Crippen molar-refractivity contribution in [2.24, 2.45) is 5.92 Å². The van der Waals surface area contributed by atoms with Crippen LogP contribution < -0.4 is 15.5 Å². The monoisotopic (exact) mass is 282 g/mol. The molecule has 5 nitrogen and oxygen atoms in total. The molecule has 114 valence electrons. The van der Waals surface area contributed by atoms with E-state index in [1.165, 1.54) is 43.4 Å². The molecule has 0 aromatic rings. The molecule has 1 saturated heterocycles. The summed E-state index contributed by atoms with van der Waals surface area (Å²) in [4.78, 5) is 24.8. The van der Waals surface area contributed by atoms with Gasteiger partial charge in [-0.2, -0.15) is 0 Å². The summed E-state index contributed by atoms with van der Waals surface area (Å²) in [6.45, 7) is 4.12. The second-order valence-electron chi connectivity index (χ2n) is 6.18. The number of urea groups is 1.